The molecule has 15 bridgehead atoms. The van der Waals surface area contributed by atoms with E-state index in [0.717, 1.165) is 41.3 Å². The molecule has 0 radical (unpaired) electrons. The Kier molecular flexibility index (Phi) is 17.1. The Bertz CT molecular complexity index is 4590. The number of carbonyl (C=O) groups excluding carboxylic acids is 6. The zero-order valence-corrected chi connectivity index (χ0v) is 50.2. The van der Waals surface area contributed by atoms with Gasteiger partial charge < -0.3 is 76.8 Å². The number of rotatable bonds is 7. The number of hydrogen-bond acceptors (Lipinski definition) is 14. The second-order valence-corrected chi connectivity index (χ2v) is 23.2. The third kappa shape index (κ3) is 13.6. The Labute approximate surface area is 544 Å². The smallest absolute Gasteiger partial charge is 0.416 e. The predicted molar refractivity (Wildman–Crippen MR) is 333 cm³/mol. The molecule has 97 heavy (non-hydrogen) atoms. The third-order valence-corrected chi connectivity index (χ3v) is 16.8. The van der Waals surface area contributed by atoms with E-state index < -0.39 is 131 Å². The number of nitrogens with zero attached hydrogens (tertiary/aromatic N) is 1. The summed E-state index contributed by atoms with van der Waals surface area (Å²) in [4.78, 5) is 109. The number of aromatic amines is 1. The number of benzene rings is 8. The van der Waals surface area contributed by atoms with Crippen molar-refractivity contribution in [3.8, 4) is 57.1 Å². The number of nitrogens with one attached hydrogen (secondary N) is 7. The molecule has 22 nitrogen and oxygen atoms in total. The van der Waals surface area contributed by atoms with E-state index in [1.165, 1.54) is 92.1 Å². The van der Waals surface area contributed by atoms with Gasteiger partial charge in [-0.3, -0.25) is 28.8 Å². The first-order valence-electron chi connectivity index (χ1n) is 29.6. The molecule has 6 aliphatic rings. The van der Waals surface area contributed by atoms with Crippen molar-refractivity contribution < 1.29 is 94.9 Å². The van der Waals surface area contributed by atoms with Crippen molar-refractivity contribution in [1.82, 2.24) is 36.5 Å². The lowest BCUT2D eigenvalue weighted by Gasteiger charge is -2.33. The van der Waals surface area contributed by atoms with Crippen molar-refractivity contribution >= 4 is 58.0 Å². The number of aliphatic carboxylic acids is 1. The number of hydrogen-bond donors (Lipinski definition) is 12. The topological polar surface area (TPSA) is 330 Å². The summed E-state index contributed by atoms with van der Waals surface area (Å²) in [6.07, 6.45) is -9.90. The van der Waals surface area contributed by atoms with Crippen LogP contribution in [0.2, 0.25) is 0 Å². The number of fused-ring (bicyclic) bond motifs is 14. The van der Waals surface area contributed by atoms with Gasteiger partial charge in [0.2, 0.25) is 35.4 Å². The molecule has 7 atom stereocenters. The molecule has 1 aromatic heterocycles. The molecular formula is C69H54F6N8O14. The van der Waals surface area contributed by atoms with Crippen molar-refractivity contribution in [1.29, 1.82) is 0 Å². The van der Waals surface area contributed by atoms with E-state index in [9.17, 15) is 66.3 Å². The number of halogens is 6. The summed E-state index contributed by atoms with van der Waals surface area (Å²) in [5.41, 5.74) is -3.31. The monoisotopic (exact) mass is 1330 g/mol. The van der Waals surface area contributed by atoms with Crippen molar-refractivity contribution in [2.45, 2.75) is 67.5 Å². The van der Waals surface area contributed by atoms with Gasteiger partial charge in [0.15, 0.2) is 29.0 Å². The first-order valence-corrected chi connectivity index (χ1v) is 29.6. The second-order valence-electron chi connectivity index (χ2n) is 23.2. The van der Waals surface area contributed by atoms with Crippen LogP contribution >= 0.6 is 0 Å². The number of anilines is 1. The predicted octanol–water partition coefficient (Wildman–Crippen LogP) is 9.68. The number of likely N-dealkylation sites (N-methyl/N-ethyl adjacent to an activating group) is 1. The summed E-state index contributed by atoms with van der Waals surface area (Å²) in [6, 6.07) is 19.5. The highest BCUT2D eigenvalue weighted by Gasteiger charge is 2.42. The van der Waals surface area contributed by atoms with Crippen LogP contribution < -0.4 is 41.4 Å². The molecule has 0 saturated heterocycles. The number of carbonyl (C=O) groups is 7. The maximum Gasteiger partial charge on any atom is 0.416 e. The molecule has 6 aliphatic heterocycles. The highest BCUT2D eigenvalue weighted by molar-refractivity contribution is 6.00. The van der Waals surface area contributed by atoms with E-state index in [1.54, 1.807) is 30.3 Å². The van der Waals surface area contributed by atoms with Crippen LogP contribution in [-0.2, 0) is 58.8 Å². The molecule has 15 rings (SSSR count). The number of aromatic nitrogens is 1. The van der Waals surface area contributed by atoms with E-state index in [2.05, 4.69) is 36.9 Å². The SMILES string of the molecule is CN1C(=O)[C@@H]2NC(=O)[C@@H]3NC(=O)[C@@H](c4ccc(O)cc4)NC(=O)[C@H](NC(=O)C(Nc4cc(C(F)(F)F)cc(C(F)(F)F)c4)c4ccc(O)cc4)Cc4c[nH]c5cc(ccc45)-c4cc3cc(c4O)Oc3ccc(cc3)C[C@H]1C(=O)N[C@@H](C(=O)O)c1ccc(O)c(c1)Oc1ccc2cc1. The van der Waals surface area contributed by atoms with Gasteiger partial charge in [-0.05, 0) is 142 Å². The van der Waals surface area contributed by atoms with Crippen LogP contribution in [0.1, 0.15) is 80.3 Å². The number of alkyl halides is 6. The molecule has 0 fully saturated rings. The quantitative estimate of drug-likeness (QED) is 0.0661. The van der Waals surface area contributed by atoms with Crippen LogP contribution in [0.5, 0.6) is 46.0 Å². The number of carboxylic acid groups (broad SMARTS) is 1. The van der Waals surface area contributed by atoms with Gasteiger partial charge in [0.05, 0.1) is 11.1 Å². The average molecular weight is 1330 g/mol. The molecule has 1 unspecified atom stereocenters. The second kappa shape index (κ2) is 25.6. The van der Waals surface area contributed by atoms with E-state index in [0.29, 0.717) is 34.2 Å². The maximum atomic E-state index is 15.8. The van der Waals surface area contributed by atoms with Gasteiger partial charge in [-0.2, -0.15) is 26.3 Å². The highest BCUT2D eigenvalue weighted by atomic mass is 19.4. The minimum atomic E-state index is -5.31. The van der Waals surface area contributed by atoms with Gasteiger partial charge in [-0.15, -0.1) is 0 Å². The molecule has 8 aromatic carbocycles. The minimum Gasteiger partial charge on any atom is -0.508 e. The van der Waals surface area contributed by atoms with E-state index in [1.807, 2.05) is 0 Å². The molecule has 28 heteroatoms. The molecule has 12 N–H and O–H groups in total. The molecule has 0 saturated carbocycles. The van der Waals surface area contributed by atoms with Gasteiger partial charge in [0.1, 0.15) is 59.2 Å². The van der Waals surface area contributed by atoms with Gasteiger partial charge in [0, 0.05) is 48.2 Å². The van der Waals surface area contributed by atoms with Crippen molar-refractivity contribution in [3.05, 3.63) is 220 Å². The lowest BCUT2D eigenvalue weighted by molar-refractivity contribution is -0.145. The maximum absolute atomic E-state index is 15.8. The largest absolute Gasteiger partial charge is 0.508 e. The molecular weight excluding hydrogens is 1280 g/mol. The fraction of sp³-hybridized carbons (Fsp3) is 0.174. The van der Waals surface area contributed by atoms with Crippen LogP contribution in [0, 0.1) is 0 Å². The van der Waals surface area contributed by atoms with Crippen LogP contribution in [0.25, 0.3) is 22.0 Å². The molecule has 0 aliphatic carbocycles. The van der Waals surface area contributed by atoms with Crippen molar-refractivity contribution in [2.24, 2.45) is 0 Å². The lowest BCUT2D eigenvalue weighted by Crippen LogP contribution is -2.55. The summed E-state index contributed by atoms with van der Waals surface area (Å²) in [6.45, 7) is 0. The van der Waals surface area contributed by atoms with E-state index in [-0.39, 0.29) is 85.9 Å². The Balaban J connectivity index is 0.998. The molecule has 9 aromatic rings. The van der Waals surface area contributed by atoms with Gasteiger partial charge in [-0.25, -0.2) is 4.79 Å². The van der Waals surface area contributed by atoms with E-state index >= 15 is 19.2 Å². The highest BCUT2D eigenvalue weighted by Crippen LogP contribution is 2.45. The lowest BCUT2D eigenvalue weighted by atomic mass is 9.94. The van der Waals surface area contributed by atoms with E-state index in [4.69, 9.17) is 9.47 Å². The average Bonchev–Trinajstić information content (AvgIpc) is 1.76. The molecule has 496 valence electrons. The Morgan fingerprint density at radius 2 is 1.13 bits per heavy atom. The summed E-state index contributed by atoms with van der Waals surface area (Å²) in [7, 11) is 1.25. The number of carboxylic acids is 1. The fourth-order valence-electron chi connectivity index (χ4n) is 11.7. The fourth-order valence-corrected chi connectivity index (χ4v) is 11.7. The normalized spacial score (nSPS) is 19.4. The zero-order valence-electron chi connectivity index (χ0n) is 50.2. The third-order valence-electron chi connectivity index (χ3n) is 16.8. The Hall–Kier alpha value is -12.2. The number of phenolic OH excluding ortho intramolecular Hbond substituents is 4. The molecule has 0 spiro atoms. The summed E-state index contributed by atoms with van der Waals surface area (Å²) in [5, 5.41) is 70.5. The van der Waals surface area contributed by atoms with Crippen molar-refractivity contribution in [3.63, 3.8) is 0 Å². The van der Waals surface area contributed by atoms with Gasteiger partial charge in [-0.1, -0.05) is 66.7 Å². The van der Waals surface area contributed by atoms with Crippen LogP contribution in [0.4, 0.5) is 32.0 Å². The summed E-state index contributed by atoms with van der Waals surface area (Å²) >= 11 is 0. The van der Waals surface area contributed by atoms with Gasteiger partial charge in [0.25, 0.3) is 0 Å². The van der Waals surface area contributed by atoms with Crippen LogP contribution in [0.15, 0.2) is 170 Å². The minimum absolute atomic E-state index is 0.00283. The first-order chi connectivity index (χ1) is 46.1. The number of phenols is 4. The summed E-state index contributed by atoms with van der Waals surface area (Å²) < 4.78 is 97.7. The number of aromatic hydroxyl groups is 4. The number of ether oxygens (including phenoxy) is 2. The van der Waals surface area contributed by atoms with Crippen molar-refractivity contribution in [2.75, 3.05) is 12.4 Å². The Morgan fingerprint density at radius 3 is 1.77 bits per heavy atom. The van der Waals surface area contributed by atoms with Crippen LogP contribution in [-0.4, -0.2) is 96.0 Å². The molecule has 6 amide bonds. The number of H-pyrrole nitrogens is 1. The standard InChI is InChI=1S/C69H54F6N8O14/c1-83-51-22-32-2-16-45(17-3-32)97-54-27-38-23-48(60(54)87)36-10-20-47-39(31-76-49(47)24-36)25-50(78-63(90)55(33-4-12-43(84)13-5-33)77-42-29-40(68(70,71)72)28-41(30-42)69(73,74)75)61(88)79-56(34-6-14-44(85)15-7-34)64(91)80-57(38)65(92)81-58(66(83)93)35-8-18-46(19-9-35)96-53-26-37(11-21-52(53)86)59(67(94)95)82-62(51)89/h2-21,23-24,26-31,50-51,55-59,76-77,84-87H,22,25H2,1H3,(H,78,90)(H,79,88)(H,80,91)(H,81,92)(H,82,89)(H,94,95)/t50-,51+,55?,56-,57-,58-,59-/m1/s1. The zero-order chi connectivity index (χ0) is 68.9. The van der Waals surface area contributed by atoms with Crippen LogP contribution in [0.3, 0.4) is 0 Å². The first kappa shape index (κ1) is 64.9. The number of amides is 6. The Morgan fingerprint density at radius 1 is 0.577 bits per heavy atom. The molecule has 7 heterocycles. The summed E-state index contributed by atoms with van der Waals surface area (Å²) in [5.74, 6) is -10.2. The van der Waals surface area contributed by atoms with Gasteiger partial charge >= 0.3 is 18.3 Å².